The Morgan fingerprint density at radius 3 is 2.59 bits per heavy atom. The molecule has 0 saturated carbocycles. The molecule has 3 atom stereocenters. The third-order valence-corrected chi connectivity index (χ3v) is 8.83. The summed E-state index contributed by atoms with van der Waals surface area (Å²) in [5.41, 5.74) is 1.62. The normalized spacial score (nSPS) is 23.8. The highest BCUT2D eigenvalue weighted by molar-refractivity contribution is 7.89. The summed E-state index contributed by atoms with van der Waals surface area (Å²) in [5.74, 6) is -0.116. The second kappa shape index (κ2) is 9.33. The van der Waals surface area contributed by atoms with Crippen molar-refractivity contribution in [3.63, 3.8) is 0 Å². The summed E-state index contributed by atoms with van der Waals surface area (Å²) in [5, 5.41) is 6.96. The van der Waals surface area contributed by atoms with Gasteiger partial charge in [-0.25, -0.2) is 8.42 Å². The number of amides is 1. The number of hydrogen-bond acceptors (Lipinski definition) is 6. The van der Waals surface area contributed by atoms with Crippen molar-refractivity contribution in [3.05, 3.63) is 47.3 Å². The van der Waals surface area contributed by atoms with E-state index in [1.54, 1.807) is 13.8 Å². The molecule has 0 spiro atoms. The number of benzene rings is 1. The second-order valence-corrected chi connectivity index (χ2v) is 10.8. The predicted molar refractivity (Wildman–Crippen MR) is 120 cm³/mol. The Labute approximate surface area is 190 Å². The van der Waals surface area contributed by atoms with E-state index < -0.39 is 10.0 Å². The number of piperidine rings is 1. The van der Waals surface area contributed by atoms with Gasteiger partial charge in [0.05, 0.1) is 5.92 Å². The zero-order chi connectivity index (χ0) is 22.9. The summed E-state index contributed by atoms with van der Waals surface area (Å²) < 4.78 is 32.8. The Morgan fingerprint density at radius 1 is 1.16 bits per heavy atom. The van der Waals surface area contributed by atoms with Crippen molar-refractivity contribution in [1.82, 2.24) is 19.7 Å². The van der Waals surface area contributed by atoms with Gasteiger partial charge in [-0.1, -0.05) is 35.5 Å². The van der Waals surface area contributed by atoms with Crippen LogP contribution in [-0.4, -0.2) is 60.9 Å². The first-order chi connectivity index (χ1) is 15.3. The van der Waals surface area contributed by atoms with Crippen molar-refractivity contribution in [2.24, 2.45) is 5.92 Å². The molecule has 4 rings (SSSR count). The number of rotatable bonds is 6. The molecule has 0 radical (unpaired) electrons. The van der Waals surface area contributed by atoms with Crippen LogP contribution in [0.2, 0.25) is 0 Å². The first-order valence-electron chi connectivity index (χ1n) is 11.3. The molecule has 1 aromatic heterocycles. The molecule has 0 aliphatic carbocycles. The molecule has 0 unspecified atom stereocenters. The van der Waals surface area contributed by atoms with Gasteiger partial charge in [0.15, 0.2) is 5.76 Å². The fourth-order valence-electron chi connectivity index (χ4n) is 4.87. The quantitative estimate of drug-likeness (QED) is 0.712. The van der Waals surface area contributed by atoms with Gasteiger partial charge in [-0.3, -0.25) is 9.69 Å². The molecule has 1 aromatic carbocycles. The molecule has 174 valence electrons. The molecular formula is C23H32N4O4S. The summed E-state index contributed by atoms with van der Waals surface area (Å²) in [4.78, 5) is 15.5. The Bertz CT molecular complexity index is 1030. The van der Waals surface area contributed by atoms with Gasteiger partial charge >= 0.3 is 0 Å². The summed E-state index contributed by atoms with van der Waals surface area (Å²) in [6, 6.07) is 10.8. The molecule has 1 N–H and O–H groups in total. The Hall–Kier alpha value is -2.23. The van der Waals surface area contributed by atoms with Crippen LogP contribution in [0.1, 0.15) is 49.2 Å². The zero-order valence-electron chi connectivity index (χ0n) is 19.0. The number of likely N-dealkylation sites (tertiary alicyclic amines) is 1. The zero-order valence-corrected chi connectivity index (χ0v) is 19.8. The van der Waals surface area contributed by atoms with Crippen molar-refractivity contribution in [2.45, 2.75) is 57.0 Å². The van der Waals surface area contributed by atoms with Gasteiger partial charge < -0.3 is 9.84 Å². The molecular weight excluding hydrogens is 428 g/mol. The fraction of sp³-hybridized carbons (Fsp3) is 0.565. The van der Waals surface area contributed by atoms with Crippen molar-refractivity contribution in [1.29, 1.82) is 0 Å². The summed E-state index contributed by atoms with van der Waals surface area (Å²) in [6.07, 6.45) is 2.25. The number of carbonyl (C=O) groups is 1. The molecule has 2 aromatic rings. The molecule has 3 heterocycles. The van der Waals surface area contributed by atoms with E-state index in [1.807, 2.05) is 18.2 Å². The van der Waals surface area contributed by atoms with E-state index in [0.717, 1.165) is 19.5 Å². The smallest absolute Gasteiger partial charge is 0.248 e. The lowest BCUT2D eigenvalue weighted by Gasteiger charge is -2.31. The van der Waals surface area contributed by atoms with Crippen LogP contribution < -0.4 is 5.32 Å². The minimum Gasteiger partial charge on any atom is -0.360 e. The predicted octanol–water partition coefficient (Wildman–Crippen LogP) is 2.64. The van der Waals surface area contributed by atoms with Crippen molar-refractivity contribution < 1.29 is 17.7 Å². The number of carbonyl (C=O) groups excluding carboxylic acids is 1. The molecule has 1 amide bonds. The average molecular weight is 461 g/mol. The van der Waals surface area contributed by atoms with Crippen molar-refractivity contribution in [3.8, 4) is 0 Å². The number of hydrogen-bond donors (Lipinski definition) is 1. The van der Waals surface area contributed by atoms with Gasteiger partial charge in [0.25, 0.3) is 0 Å². The monoisotopic (exact) mass is 460 g/mol. The minimum atomic E-state index is -3.74. The van der Waals surface area contributed by atoms with Gasteiger partial charge in [0.1, 0.15) is 10.6 Å². The fourth-order valence-corrected chi connectivity index (χ4v) is 6.68. The number of sulfonamides is 1. The van der Waals surface area contributed by atoms with Gasteiger partial charge in [0.2, 0.25) is 15.9 Å². The second-order valence-electron chi connectivity index (χ2n) is 8.93. The molecule has 0 bridgehead atoms. The Morgan fingerprint density at radius 2 is 1.91 bits per heavy atom. The minimum absolute atomic E-state index is 0.0529. The van der Waals surface area contributed by atoms with Crippen LogP contribution in [0.3, 0.4) is 0 Å². The number of nitrogens with zero attached hydrogens (tertiary/aromatic N) is 3. The lowest BCUT2D eigenvalue weighted by atomic mass is 9.98. The summed E-state index contributed by atoms with van der Waals surface area (Å²) >= 11 is 0. The molecule has 32 heavy (non-hydrogen) atoms. The molecule has 2 aliphatic rings. The highest BCUT2D eigenvalue weighted by Gasteiger charge is 2.37. The Balaban J connectivity index is 1.36. The van der Waals surface area contributed by atoms with Gasteiger partial charge in [-0.15, -0.1) is 0 Å². The Kier molecular flexibility index (Phi) is 6.69. The van der Waals surface area contributed by atoms with Gasteiger partial charge in [0, 0.05) is 38.3 Å². The SMILES string of the molecule is Cc1noc(C)c1S(=O)(=O)N1CCC[C@@H](C(=O)N[C@@H]2CCN([C@@H](C)c3ccccc3)C2)C1. The first-order valence-corrected chi connectivity index (χ1v) is 12.7. The average Bonchev–Trinajstić information content (AvgIpc) is 3.40. The maximum Gasteiger partial charge on any atom is 0.248 e. The van der Waals surface area contributed by atoms with Gasteiger partial charge in [-0.05, 0) is 45.6 Å². The molecule has 2 aliphatic heterocycles. The van der Waals surface area contributed by atoms with E-state index in [-0.39, 0.29) is 35.1 Å². The third kappa shape index (κ3) is 4.60. The van der Waals surface area contributed by atoms with E-state index in [1.165, 1.54) is 9.87 Å². The molecule has 2 saturated heterocycles. The van der Waals surface area contributed by atoms with Crippen LogP contribution in [0.15, 0.2) is 39.8 Å². The first kappa shape index (κ1) is 22.9. The van der Waals surface area contributed by atoms with E-state index in [9.17, 15) is 13.2 Å². The van der Waals surface area contributed by atoms with Crippen LogP contribution in [0.4, 0.5) is 0 Å². The summed E-state index contributed by atoms with van der Waals surface area (Å²) in [7, 11) is -3.74. The molecule has 9 heteroatoms. The number of aromatic nitrogens is 1. The highest BCUT2D eigenvalue weighted by Crippen LogP contribution is 2.29. The van der Waals surface area contributed by atoms with E-state index in [2.05, 4.69) is 34.4 Å². The van der Waals surface area contributed by atoms with Crippen LogP contribution in [0.5, 0.6) is 0 Å². The lowest BCUT2D eigenvalue weighted by Crippen LogP contribution is -2.48. The largest absolute Gasteiger partial charge is 0.360 e. The number of nitrogens with one attached hydrogen (secondary N) is 1. The van der Waals surface area contributed by atoms with Crippen LogP contribution >= 0.6 is 0 Å². The van der Waals surface area contributed by atoms with Crippen LogP contribution in [0, 0.1) is 19.8 Å². The lowest BCUT2D eigenvalue weighted by molar-refractivity contribution is -0.126. The van der Waals surface area contributed by atoms with E-state index >= 15 is 0 Å². The highest BCUT2D eigenvalue weighted by atomic mass is 32.2. The third-order valence-electron chi connectivity index (χ3n) is 6.72. The van der Waals surface area contributed by atoms with Gasteiger partial charge in [-0.2, -0.15) is 4.31 Å². The topological polar surface area (TPSA) is 95.8 Å². The summed E-state index contributed by atoms with van der Waals surface area (Å²) in [6.45, 7) is 7.74. The maximum absolute atomic E-state index is 13.1. The standard InChI is InChI=1S/C23H32N4O4S/c1-16-22(18(3)31-25-16)32(29,30)27-12-7-10-20(14-27)23(28)24-21-11-13-26(15-21)17(2)19-8-5-4-6-9-19/h4-6,8-9,17,20-21H,7,10-15H2,1-3H3,(H,24,28)/t17-,20+,21+/m0/s1. The van der Waals surface area contributed by atoms with Crippen LogP contribution in [0.25, 0.3) is 0 Å². The molecule has 2 fully saturated rings. The molecule has 8 nitrogen and oxygen atoms in total. The van der Waals surface area contributed by atoms with E-state index in [0.29, 0.717) is 31.1 Å². The van der Waals surface area contributed by atoms with Crippen LogP contribution in [-0.2, 0) is 14.8 Å². The van der Waals surface area contributed by atoms with Crippen molar-refractivity contribution in [2.75, 3.05) is 26.2 Å². The van der Waals surface area contributed by atoms with Crippen molar-refractivity contribution >= 4 is 15.9 Å². The number of aryl methyl sites for hydroxylation is 2. The maximum atomic E-state index is 13.1. The van der Waals surface area contributed by atoms with E-state index in [4.69, 9.17) is 4.52 Å².